The van der Waals surface area contributed by atoms with Crippen LogP contribution in [0.3, 0.4) is 0 Å². The Bertz CT molecular complexity index is 1950. The lowest BCUT2D eigenvalue weighted by atomic mass is 10.00. The van der Waals surface area contributed by atoms with Gasteiger partial charge in [-0.1, -0.05) is 23.7 Å². The number of alkyl halides is 3. The first-order chi connectivity index (χ1) is 21.3. The zero-order valence-electron chi connectivity index (χ0n) is 24.0. The number of rotatable bonds is 7. The number of carboxylic acids is 1. The summed E-state index contributed by atoms with van der Waals surface area (Å²) in [6.45, 7) is 1.06. The predicted octanol–water partition coefficient (Wildman–Crippen LogP) is 4.97. The molecule has 3 aromatic carbocycles. The fraction of sp³-hybridized carbons (Fsp3) is 0.258. The number of hydrogen-bond acceptors (Lipinski definition) is 7. The number of aromatic nitrogens is 2. The number of anilines is 1. The van der Waals surface area contributed by atoms with Crippen molar-refractivity contribution >= 4 is 40.1 Å². The number of aromatic carboxylic acids is 1. The summed E-state index contributed by atoms with van der Waals surface area (Å²) < 4.78 is 50.0. The van der Waals surface area contributed by atoms with Crippen molar-refractivity contribution in [2.75, 3.05) is 38.2 Å². The van der Waals surface area contributed by atoms with Gasteiger partial charge in [0.2, 0.25) is 5.91 Å². The molecule has 5 rings (SSSR count). The maximum atomic E-state index is 14.3. The third-order valence-electron chi connectivity index (χ3n) is 7.54. The van der Waals surface area contributed by atoms with E-state index < -0.39 is 40.4 Å². The maximum Gasteiger partial charge on any atom is 0.418 e. The number of piperazine rings is 1. The third-order valence-corrected chi connectivity index (χ3v) is 7.77. The summed E-state index contributed by atoms with van der Waals surface area (Å²) in [5, 5.41) is 19.6. The standard InChI is InChI=1S/C31H25ClF3N5O5/c1-17-37-24-14-23(31(33,34)35)28(39-9-8-38(2)26(41)16-39)22(15-36)27(24)29(42)40(17)10-11-45-25-7-6-20(32)13-21(25)18-4-3-5-19(12-18)30(43)44/h3-7,12-14H,8-11,16H2,1-2H3,(H,43,44). The molecule has 14 heteroatoms. The smallest absolute Gasteiger partial charge is 0.418 e. The van der Waals surface area contributed by atoms with Gasteiger partial charge >= 0.3 is 12.1 Å². The van der Waals surface area contributed by atoms with E-state index in [0.717, 1.165) is 6.07 Å². The van der Waals surface area contributed by atoms with Crippen LogP contribution in [-0.2, 0) is 17.5 Å². The molecule has 0 radical (unpaired) electrons. The first-order valence-electron chi connectivity index (χ1n) is 13.6. The summed E-state index contributed by atoms with van der Waals surface area (Å²) in [4.78, 5) is 44.5. The SMILES string of the molecule is Cc1nc2cc(C(F)(F)F)c(N3CCN(C)C(=O)C3)c(C#N)c2c(=O)n1CCOc1ccc(Cl)cc1-c1cccc(C(=O)O)c1. The summed E-state index contributed by atoms with van der Waals surface area (Å²) in [5.74, 6) is -1.09. The average molecular weight is 640 g/mol. The molecule has 1 N–H and O–H groups in total. The highest BCUT2D eigenvalue weighted by atomic mass is 35.5. The molecule has 2 heterocycles. The van der Waals surface area contributed by atoms with Crippen LogP contribution in [0.5, 0.6) is 5.75 Å². The van der Waals surface area contributed by atoms with Gasteiger partial charge in [0.05, 0.1) is 46.4 Å². The molecule has 232 valence electrons. The lowest BCUT2D eigenvalue weighted by Gasteiger charge is -2.35. The summed E-state index contributed by atoms with van der Waals surface area (Å²) in [7, 11) is 1.53. The molecular weight excluding hydrogens is 615 g/mol. The van der Waals surface area contributed by atoms with E-state index in [4.69, 9.17) is 16.3 Å². The highest BCUT2D eigenvalue weighted by Crippen LogP contribution is 2.41. The Kier molecular flexibility index (Phi) is 8.44. The number of carbonyl (C=O) groups is 2. The van der Waals surface area contributed by atoms with Crippen LogP contribution in [0.1, 0.15) is 27.3 Å². The van der Waals surface area contributed by atoms with Gasteiger partial charge in [-0.15, -0.1) is 0 Å². The topological polar surface area (TPSA) is 129 Å². The quantitative estimate of drug-likeness (QED) is 0.300. The van der Waals surface area contributed by atoms with E-state index in [-0.39, 0.29) is 55.1 Å². The summed E-state index contributed by atoms with van der Waals surface area (Å²) >= 11 is 6.20. The van der Waals surface area contributed by atoms with Gasteiger partial charge < -0.3 is 19.6 Å². The maximum absolute atomic E-state index is 14.3. The molecule has 1 aliphatic rings. The second-order valence-electron chi connectivity index (χ2n) is 10.4. The Morgan fingerprint density at radius 2 is 1.91 bits per heavy atom. The van der Waals surface area contributed by atoms with Gasteiger partial charge in [0.15, 0.2) is 0 Å². The fourth-order valence-corrected chi connectivity index (χ4v) is 5.44. The Hall–Kier alpha value is -5.09. The number of likely N-dealkylation sites (N-methyl/N-ethyl adjacent to an activating group) is 1. The van der Waals surface area contributed by atoms with Gasteiger partial charge in [-0.2, -0.15) is 18.4 Å². The minimum absolute atomic E-state index is 0.0334. The van der Waals surface area contributed by atoms with Crippen LogP contribution in [0.2, 0.25) is 5.02 Å². The van der Waals surface area contributed by atoms with E-state index in [1.165, 1.54) is 40.5 Å². The van der Waals surface area contributed by atoms with Gasteiger partial charge in [0, 0.05) is 30.7 Å². The summed E-state index contributed by atoms with van der Waals surface area (Å²) in [5.41, 5.74) is -2.13. The first-order valence-corrected chi connectivity index (χ1v) is 14.0. The van der Waals surface area contributed by atoms with Crippen LogP contribution in [0.25, 0.3) is 22.0 Å². The van der Waals surface area contributed by atoms with Gasteiger partial charge in [-0.25, -0.2) is 9.78 Å². The molecule has 0 spiro atoms. The molecule has 0 unspecified atom stereocenters. The van der Waals surface area contributed by atoms with E-state index in [9.17, 15) is 37.9 Å². The van der Waals surface area contributed by atoms with E-state index in [0.29, 0.717) is 21.9 Å². The Morgan fingerprint density at radius 3 is 2.58 bits per heavy atom. The zero-order valence-corrected chi connectivity index (χ0v) is 24.7. The van der Waals surface area contributed by atoms with Gasteiger partial charge in [0.1, 0.15) is 24.3 Å². The number of amides is 1. The minimum Gasteiger partial charge on any atom is -0.491 e. The summed E-state index contributed by atoms with van der Waals surface area (Å²) in [6, 6.07) is 13.5. The van der Waals surface area contributed by atoms with Gasteiger partial charge in [0.25, 0.3) is 5.56 Å². The van der Waals surface area contributed by atoms with Crippen molar-refractivity contribution in [2.45, 2.75) is 19.6 Å². The van der Waals surface area contributed by atoms with Crippen LogP contribution >= 0.6 is 11.6 Å². The summed E-state index contributed by atoms with van der Waals surface area (Å²) in [6.07, 6.45) is -4.89. The van der Waals surface area contributed by atoms with Crippen molar-refractivity contribution in [3.63, 3.8) is 0 Å². The Balaban J connectivity index is 1.53. The van der Waals surface area contributed by atoms with Crippen LogP contribution in [0.15, 0.2) is 53.3 Å². The van der Waals surface area contributed by atoms with Crippen molar-refractivity contribution in [1.29, 1.82) is 5.26 Å². The van der Waals surface area contributed by atoms with Crippen LogP contribution in [0.4, 0.5) is 18.9 Å². The zero-order chi connectivity index (χ0) is 32.6. The number of hydrogen-bond donors (Lipinski definition) is 1. The molecule has 10 nitrogen and oxygen atoms in total. The number of carboxylic acid groups (broad SMARTS) is 1. The van der Waals surface area contributed by atoms with E-state index >= 15 is 0 Å². The van der Waals surface area contributed by atoms with Crippen LogP contribution in [0, 0.1) is 18.3 Å². The molecular formula is C31H25ClF3N5O5. The largest absolute Gasteiger partial charge is 0.491 e. The lowest BCUT2D eigenvalue weighted by molar-refractivity contribution is -0.137. The normalized spacial score (nSPS) is 13.7. The average Bonchev–Trinajstić information content (AvgIpc) is 2.99. The van der Waals surface area contributed by atoms with E-state index in [2.05, 4.69) is 4.98 Å². The number of nitrogens with zero attached hydrogens (tertiary/aromatic N) is 5. The highest BCUT2D eigenvalue weighted by molar-refractivity contribution is 6.31. The molecule has 4 aromatic rings. The monoisotopic (exact) mass is 639 g/mol. The lowest BCUT2D eigenvalue weighted by Crippen LogP contribution is -2.49. The van der Waals surface area contributed by atoms with Crippen molar-refractivity contribution in [2.24, 2.45) is 0 Å². The molecule has 1 aromatic heterocycles. The van der Waals surface area contributed by atoms with Crippen molar-refractivity contribution in [3.8, 4) is 22.9 Å². The van der Waals surface area contributed by atoms with Crippen LogP contribution < -0.4 is 15.2 Å². The Morgan fingerprint density at radius 1 is 1.16 bits per heavy atom. The predicted molar refractivity (Wildman–Crippen MR) is 160 cm³/mol. The number of ether oxygens (including phenoxy) is 1. The number of benzene rings is 3. The second kappa shape index (κ2) is 12.1. The van der Waals surface area contributed by atoms with Crippen molar-refractivity contribution in [1.82, 2.24) is 14.5 Å². The number of carbonyl (C=O) groups excluding carboxylic acids is 1. The van der Waals surface area contributed by atoms with E-state index in [1.807, 2.05) is 0 Å². The van der Waals surface area contributed by atoms with Crippen molar-refractivity contribution in [3.05, 3.63) is 86.4 Å². The molecule has 0 saturated carbocycles. The molecule has 0 aliphatic carbocycles. The molecule has 0 atom stereocenters. The highest BCUT2D eigenvalue weighted by Gasteiger charge is 2.39. The van der Waals surface area contributed by atoms with Gasteiger partial charge in [-0.05, 0) is 48.9 Å². The third kappa shape index (κ3) is 6.14. The molecule has 1 fully saturated rings. The molecule has 1 aliphatic heterocycles. The van der Waals surface area contributed by atoms with Crippen molar-refractivity contribution < 1.29 is 32.6 Å². The second-order valence-corrected chi connectivity index (χ2v) is 10.8. The number of fused-ring (bicyclic) bond motifs is 1. The molecule has 0 bridgehead atoms. The number of nitriles is 1. The number of aryl methyl sites for hydroxylation is 1. The van der Waals surface area contributed by atoms with E-state index in [1.54, 1.807) is 36.4 Å². The minimum atomic E-state index is -4.89. The molecule has 1 saturated heterocycles. The Labute approximate surface area is 259 Å². The van der Waals surface area contributed by atoms with Crippen LogP contribution in [-0.4, -0.2) is 64.7 Å². The number of halogens is 4. The molecule has 45 heavy (non-hydrogen) atoms. The fourth-order valence-electron chi connectivity index (χ4n) is 5.27. The molecule has 1 amide bonds. The van der Waals surface area contributed by atoms with Gasteiger partial charge in [-0.3, -0.25) is 14.2 Å². The first kappa shape index (κ1) is 31.3.